The third kappa shape index (κ3) is 8.62. The van der Waals surface area contributed by atoms with Gasteiger partial charge >= 0.3 is 18.2 Å². The van der Waals surface area contributed by atoms with Crippen LogP contribution < -0.4 is 10.6 Å². The van der Waals surface area contributed by atoms with Gasteiger partial charge in [0.25, 0.3) is 0 Å². The average molecular weight is 490 g/mol. The summed E-state index contributed by atoms with van der Waals surface area (Å²) in [5.41, 5.74) is 0.000209. The van der Waals surface area contributed by atoms with Crippen LogP contribution in [0.1, 0.15) is 45.6 Å². The van der Waals surface area contributed by atoms with Crippen LogP contribution >= 0.6 is 0 Å². The minimum Gasteiger partial charge on any atom is -0.467 e. The van der Waals surface area contributed by atoms with E-state index in [-0.39, 0.29) is 19.2 Å². The molecule has 0 saturated carbocycles. The van der Waals surface area contributed by atoms with E-state index in [0.717, 1.165) is 5.56 Å². The number of methoxy groups -OCH3 is 1. The fourth-order valence-corrected chi connectivity index (χ4v) is 3.80. The van der Waals surface area contributed by atoms with Crippen LogP contribution in [0.15, 0.2) is 43.0 Å². The summed E-state index contributed by atoms with van der Waals surface area (Å²) in [6.45, 7) is 8.58. The molecule has 0 unspecified atom stereocenters. The van der Waals surface area contributed by atoms with Gasteiger partial charge in [-0.2, -0.15) is 0 Å². The summed E-state index contributed by atoms with van der Waals surface area (Å²) in [6.07, 6.45) is 1.53. The highest BCUT2D eigenvalue weighted by Crippen LogP contribution is 2.28. The van der Waals surface area contributed by atoms with Crippen LogP contribution in [0, 0.1) is 0 Å². The summed E-state index contributed by atoms with van der Waals surface area (Å²) in [6, 6.07) is 6.82. The molecule has 0 aliphatic carbocycles. The lowest BCUT2D eigenvalue weighted by molar-refractivity contribution is -0.152. The highest BCUT2D eigenvalue weighted by Gasteiger charge is 2.43. The van der Waals surface area contributed by atoms with Crippen LogP contribution in [0.4, 0.5) is 9.59 Å². The van der Waals surface area contributed by atoms with Gasteiger partial charge in [0, 0.05) is 6.04 Å². The molecular formula is C25H35N3O7. The van der Waals surface area contributed by atoms with Gasteiger partial charge in [0.15, 0.2) is 0 Å². The molecule has 0 bridgehead atoms. The van der Waals surface area contributed by atoms with E-state index in [0.29, 0.717) is 19.3 Å². The molecule has 1 aromatic carbocycles. The number of alkyl carbamates (subject to hydrolysis) is 2. The number of nitrogens with zero attached hydrogens (tertiary/aromatic N) is 1. The molecule has 3 atom stereocenters. The zero-order chi connectivity index (χ0) is 26.0. The van der Waals surface area contributed by atoms with Crippen molar-refractivity contribution in [3.05, 3.63) is 48.6 Å². The van der Waals surface area contributed by atoms with Gasteiger partial charge in [0.2, 0.25) is 5.91 Å². The number of carbonyl (C=O) groups is 4. The Labute approximate surface area is 206 Å². The van der Waals surface area contributed by atoms with Crippen molar-refractivity contribution in [2.45, 2.75) is 70.4 Å². The maximum absolute atomic E-state index is 13.6. The van der Waals surface area contributed by atoms with E-state index in [1.165, 1.54) is 12.0 Å². The molecule has 2 rings (SSSR count). The molecule has 0 radical (unpaired) electrons. The molecule has 1 aliphatic heterocycles. The van der Waals surface area contributed by atoms with Crippen LogP contribution in [0.3, 0.4) is 0 Å². The molecule has 35 heavy (non-hydrogen) atoms. The van der Waals surface area contributed by atoms with E-state index >= 15 is 0 Å². The van der Waals surface area contributed by atoms with Gasteiger partial charge in [0.05, 0.1) is 13.7 Å². The van der Waals surface area contributed by atoms with E-state index in [1.807, 2.05) is 30.3 Å². The molecule has 1 fully saturated rings. The molecule has 2 N–H and O–H groups in total. The van der Waals surface area contributed by atoms with Crippen molar-refractivity contribution in [2.24, 2.45) is 0 Å². The number of likely N-dealkylation sites (tertiary alicyclic amines) is 1. The first-order chi connectivity index (χ1) is 16.6. The van der Waals surface area contributed by atoms with Crippen LogP contribution in [-0.4, -0.2) is 66.3 Å². The van der Waals surface area contributed by atoms with E-state index < -0.39 is 41.7 Å². The smallest absolute Gasteiger partial charge is 0.408 e. The Morgan fingerprint density at radius 3 is 2.43 bits per heavy atom. The third-order valence-electron chi connectivity index (χ3n) is 5.32. The molecule has 1 saturated heterocycles. The van der Waals surface area contributed by atoms with Crippen LogP contribution in [0.5, 0.6) is 0 Å². The van der Waals surface area contributed by atoms with E-state index in [2.05, 4.69) is 17.2 Å². The molecule has 10 nitrogen and oxygen atoms in total. The summed E-state index contributed by atoms with van der Waals surface area (Å²) < 4.78 is 15.4. The Hall–Kier alpha value is -3.56. The van der Waals surface area contributed by atoms with Gasteiger partial charge in [-0.3, -0.25) is 4.79 Å². The Balaban J connectivity index is 2.15. The number of hydrogen-bond acceptors (Lipinski definition) is 7. The number of benzene rings is 1. The summed E-state index contributed by atoms with van der Waals surface area (Å²) in [7, 11) is 1.26. The molecule has 1 heterocycles. The van der Waals surface area contributed by atoms with Crippen LogP contribution in [-0.2, 0) is 30.4 Å². The van der Waals surface area contributed by atoms with Crippen LogP contribution in [0.2, 0.25) is 0 Å². The summed E-state index contributed by atoms with van der Waals surface area (Å²) >= 11 is 0. The number of carbonyl (C=O) groups excluding carboxylic acids is 4. The van der Waals surface area contributed by atoms with Crippen LogP contribution in [0.25, 0.3) is 0 Å². The summed E-state index contributed by atoms with van der Waals surface area (Å²) in [5, 5.41) is 5.03. The number of esters is 1. The first-order valence-electron chi connectivity index (χ1n) is 11.5. The summed E-state index contributed by atoms with van der Waals surface area (Å²) in [4.78, 5) is 52.1. The topological polar surface area (TPSA) is 123 Å². The SMILES string of the molecule is C=CC[C@@H]1CC[C@@H](C(=O)OC)N1C(=O)[C@H](CNC(=O)OCc1ccccc1)NC(=O)OC(C)(C)C. The van der Waals surface area contributed by atoms with Crippen molar-refractivity contribution >= 4 is 24.1 Å². The Morgan fingerprint density at radius 2 is 1.83 bits per heavy atom. The normalized spacial score (nSPS) is 18.2. The Kier molecular flexibility index (Phi) is 10.1. The second-order valence-electron chi connectivity index (χ2n) is 9.18. The Bertz CT molecular complexity index is 898. The van der Waals surface area contributed by atoms with E-state index in [1.54, 1.807) is 26.8 Å². The highest BCUT2D eigenvalue weighted by atomic mass is 16.6. The Morgan fingerprint density at radius 1 is 1.14 bits per heavy atom. The molecule has 1 aromatic rings. The second kappa shape index (κ2) is 12.8. The molecule has 192 valence electrons. The maximum Gasteiger partial charge on any atom is 0.408 e. The van der Waals surface area contributed by atoms with Crippen molar-refractivity contribution in [1.82, 2.24) is 15.5 Å². The monoisotopic (exact) mass is 489 g/mol. The number of amides is 3. The lowest BCUT2D eigenvalue weighted by Gasteiger charge is -2.32. The zero-order valence-corrected chi connectivity index (χ0v) is 20.7. The first-order valence-corrected chi connectivity index (χ1v) is 11.5. The minimum absolute atomic E-state index is 0.0444. The predicted molar refractivity (Wildman–Crippen MR) is 128 cm³/mol. The fourth-order valence-electron chi connectivity index (χ4n) is 3.80. The molecule has 0 spiro atoms. The molecular weight excluding hydrogens is 454 g/mol. The van der Waals surface area contributed by atoms with Gasteiger partial charge in [0.1, 0.15) is 24.3 Å². The first kappa shape index (κ1) is 27.7. The molecule has 10 heteroatoms. The quantitative estimate of drug-likeness (QED) is 0.311. The highest BCUT2D eigenvalue weighted by molar-refractivity contribution is 5.91. The van der Waals surface area contributed by atoms with Gasteiger partial charge in [-0.1, -0.05) is 36.4 Å². The number of ether oxygens (including phenoxy) is 3. The number of nitrogens with one attached hydrogen (secondary N) is 2. The van der Waals surface area contributed by atoms with Crippen molar-refractivity contribution < 1.29 is 33.4 Å². The minimum atomic E-state index is -1.20. The maximum atomic E-state index is 13.6. The average Bonchev–Trinajstić information content (AvgIpc) is 3.22. The number of rotatable bonds is 9. The zero-order valence-electron chi connectivity index (χ0n) is 20.7. The molecule has 1 aliphatic rings. The second-order valence-corrected chi connectivity index (χ2v) is 9.18. The van der Waals surface area contributed by atoms with Crippen molar-refractivity contribution in [3.63, 3.8) is 0 Å². The van der Waals surface area contributed by atoms with Gasteiger partial charge in [-0.15, -0.1) is 6.58 Å². The third-order valence-corrected chi connectivity index (χ3v) is 5.32. The van der Waals surface area contributed by atoms with Gasteiger partial charge < -0.3 is 29.7 Å². The molecule has 0 aromatic heterocycles. The van der Waals surface area contributed by atoms with Crippen molar-refractivity contribution in [1.29, 1.82) is 0 Å². The largest absolute Gasteiger partial charge is 0.467 e. The lowest BCUT2D eigenvalue weighted by Crippen LogP contribution is -2.58. The van der Waals surface area contributed by atoms with E-state index in [9.17, 15) is 19.2 Å². The fraction of sp³-hybridized carbons (Fsp3) is 0.520. The van der Waals surface area contributed by atoms with Crippen molar-refractivity contribution in [3.8, 4) is 0 Å². The number of hydrogen-bond donors (Lipinski definition) is 2. The van der Waals surface area contributed by atoms with Gasteiger partial charge in [-0.05, 0) is 45.6 Å². The summed E-state index contributed by atoms with van der Waals surface area (Å²) in [5.74, 6) is -1.09. The predicted octanol–water partition coefficient (Wildman–Crippen LogP) is 2.91. The van der Waals surface area contributed by atoms with Crippen molar-refractivity contribution in [2.75, 3.05) is 13.7 Å². The van der Waals surface area contributed by atoms with Gasteiger partial charge in [-0.25, -0.2) is 14.4 Å². The van der Waals surface area contributed by atoms with E-state index in [4.69, 9.17) is 14.2 Å². The standard InChI is InChI=1S/C25H35N3O7/c1-6-10-18-13-14-20(22(30)33-5)28(18)21(29)19(27-24(32)35-25(2,3)4)15-26-23(31)34-16-17-11-8-7-9-12-17/h6-9,11-12,18-20H,1,10,13-16H2,2-5H3,(H,26,31)(H,27,32)/t18-,19+,20+/m1/s1. The molecule has 3 amide bonds. The lowest BCUT2D eigenvalue weighted by atomic mass is 10.1.